The topological polar surface area (TPSA) is 44.9 Å². The van der Waals surface area contributed by atoms with Gasteiger partial charge in [0, 0.05) is 18.6 Å². The van der Waals surface area contributed by atoms with Crippen LogP contribution in [0.25, 0.3) is 10.9 Å². The lowest BCUT2D eigenvalue weighted by atomic mass is 10.1. The van der Waals surface area contributed by atoms with E-state index in [4.69, 9.17) is 0 Å². The minimum absolute atomic E-state index is 0.221. The predicted molar refractivity (Wildman–Crippen MR) is 56.4 cm³/mol. The molecule has 2 aromatic rings. The van der Waals surface area contributed by atoms with Crippen molar-refractivity contribution in [3.05, 3.63) is 35.3 Å². The Balaban J connectivity index is 2.78. The van der Waals surface area contributed by atoms with Crippen LogP contribution in [0.1, 0.15) is 15.9 Å². The maximum atomic E-state index is 13.5. The predicted octanol–water partition coefficient (Wildman–Crippen LogP) is 1.98. The van der Waals surface area contributed by atoms with E-state index in [9.17, 15) is 9.18 Å². The van der Waals surface area contributed by atoms with Gasteiger partial charge >= 0.3 is 0 Å². The normalized spacial score (nSPS) is 10.6. The number of carbonyl (C=O) groups excluding carboxylic acids is 1. The van der Waals surface area contributed by atoms with Gasteiger partial charge in [-0.3, -0.25) is 4.79 Å². The highest BCUT2D eigenvalue weighted by Gasteiger charge is 2.13. The van der Waals surface area contributed by atoms with Crippen molar-refractivity contribution in [1.82, 2.24) is 10.3 Å². The fraction of sp³-hybridized carbons (Fsp3) is 0.182. The van der Waals surface area contributed by atoms with Crippen molar-refractivity contribution >= 4 is 16.8 Å². The van der Waals surface area contributed by atoms with Crippen molar-refractivity contribution in [3.8, 4) is 0 Å². The van der Waals surface area contributed by atoms with Crippen LogP contribution in [0.15, 0.2) is 18.3 Å². The van der Waals surface area contributed by atoms with Gasteiger partial charge in [0.05, 0.1) is 11.1 Å². The van der Waals surface area contributed by atoms with E-state index in [1.54, 1.807) is 20.2 Å². The van der Waals surface area contributed by atoms with Gasteiger partial charge in [-0.2, -0.15) is 0 Å². The van der Waals surface area contributed by atoms with Gasteiger partial charge in [0.15, 0.2) is 0 Å². The van der Waals surface area contributed by atoms with E-state index in [1.807, 2.05) is 0 Å². The van der Waals surface area contributed by atoms with E-state index in [2.05, 4.69) is 10.3 Å². The zero-order valence-corrected chi connectivity index (χ0v) is 8.52. The van der Waals surface area contributed by atoms with Crippen molar-refractivity contribution in [2.75, 3.05) is 7.05 Å². The molecule has 2 N–H and O–H groups in total. The maximum Gasteiger partial charge on any atom is 0.253 e. The number of fused-ring (bicyclic) bond motifs is 1. The molecule has 2 rings (SSSR count). The number of amides is 1. The number of carbonyl (C=O) groups is 1. The number of rotatable bonds is 1. The Labute approximate surface area is 86.3 Å². The second-order valence-electron chi connectivity index (χ2n) is 3.40. The van der Waals surface area contributed by atoms with Crippen LogP contribution in [-0.2, 0) is 0 Å². The van der Waals surface area contributed by atoms with Gasteiger partial charge in [-0.05, 0) is 24.6 Å². The first-order valence-corrected chi connectivity index (χ1v) is 4.63. The van der Waals surface area contributed by atoms with E-state index in [-0.39, 0.29) is 11.7 Å². The number of aromatic nitrogens is 1. The lowest BCUT2D eigenvalue weighted by molar-refractivity contribution is 0.0964. The van der Waals surface area contributed by atoms with Crippen LogP contribution >= 0.6 is 0 Å². The summed E-state index contributed by atoms with van der Waals surface area (Å²) in [7, 11) is 1.55. The van der Waals surface area contributed by atoms with E-state index in [0.717, 1.165) is 5.56 Å². The van der Waals surface area contributed by atoms with E-state index >= 15 is 0 Å². The smallest absolute Gasteiger partial charge is 0.253 e. The summed E-state index contributed by atoms with van der Waals surface area (Å²) in [6.07, 6.45) is 1.69. The molecule has 0 aliphatic rings. The Morgan fingerprint density at radius 3 is 2.87 bits per heavy atom. The molecule has 78 valence electrons. The standard InChI is InChI=1S/C11H11FN2O/c1-6-5-14-10-7(11(15)13-2)3-4-8(12)9(6)10/h3-5,14H,1-2H3,(H,13,15). The molecule has 0 fully saturated rings. The van der Waals surface area contributed by atoms with Crippen LogP contribution in [0, 0.1) is 12.7 Å². The molecule has 0 radical (unpaired) electrons. The summed E-state index contributed by atoms with van der Waals surface area (Å²) in [6.45, 7) is 1.80. The average molecular weight is 206 g/mol. The highest BCUT2D eigenvalue weighted by atomic mass is 19.1. The third kappa shape index (κ3) is 1.38. The Kier molecular flexibility index (Phi) is 2.19. The van der Waals surface area contributed by atoms with Crippen LogP contribution in [0.4, 0.5) is 4.39 Å². The molecule has 4 heteroatoms. The molecular formula is C11H11FN2O. The molecular weight excluding hydrogens is 195 g/mol. The Bertz CT molecular complexity index is 531. The number of H-pyrrole nitrogens is 1. The van der Waals surface area contributed by atoms with E-state index < -0.39 is 0 Å². The quantitative estimate of drug-likeness (QED) is 0.736. The molecule has 1 aromatic heterocycles. The number of halogens is 1. The number of benzene rings is 1. The zero-order chi connectivity index (χ0) is 11.0. The molecule has 0 bridgehead atoms. The van der Waals surface area contributed by atoms with Crippen LogP contribution in [0.3, 0.4) is 0 Å². The van der Waals surface area contributed by atoms with Crippen LogP contribution in [-0.4, -0.2) is 17.9 Å². The summed E-state index contributed by atoms with van der Waals surface area (Å²) in [5.74, 6) is -0.529. The number of hydrogen-bond acceptors (Lipinski definition) is 1. The second-order valence-corrected chi connectivity index (χ2v) is 3.40. The Morgan fingerprint density at radius 1 is 1.47 bits per heavy atom. The van der Waals surface area contributed by atoms with Crippen LogP contribution in [0.5, 0.6) is 0 Å². The molecule has 0 aliphatic carbocycles. The SMILES string of the molecule is CNC(=O)c1ccc(F)c2c(C)c[nH]c12. The van der Waals surface area contributed by atoms with Gasteiger partial charge in [-0.15, -0.1) is 0 Å². The number of aromatic amines is 1. The van der Waals surface area contributed by atoms with Crippen LogP contribution < -0.4 is 5.32 Å². The summed E-state index contributed by atoms with van der Waals surface area (Å²) in [4.78, 5) is 14.4. The molecule has 1 amide bonds. The Hall–Kier alpha value is -1.84. The third-order valence-corrected chi connectivity index (χ3v) is 2.45. The van der Waals surface area contributed by atoms with Gasteiger partial charge in [0.1, 0.15) is 5.82 Å². The second kappa shape index (κ2) is 3.38. The molecule has 1 aromatic carbocycles. The molecule has 0 aliphatic heterocycles. The summed E-state index contributed by atoms with van der Waals surface area (Å²) in [5.41, 5.74) is 1.81. The highest BCUT2D eigenvalue weighted by Crippen LogP contribution is 2.24. The molecule has 0 atom stereocenters. The summed E-state index contributed by atoms with van der Waals surface area (Å²) in [6, 6.07) is 2.79. The largest absolute Gasteiger partial charge is 0.360 e. The average Bonchev–Trinajstić information content (AvgIpc) is 2.61. The fourth-order valence-electron chi connectivity index (χ4n) is 1.69. The van der Waals surface area contributed by atoms with Crippen molar-refractivity contribution in [3.63, 3.8) is 0 Å². The van der Waals surface area contributed by atoms with Crippen molar-refractivity contribution < 1.29 is 9.18 Å². The molecule has 0 spiro atoms. The summed E-state index contributed by atoms with van der Waals surface area (Å²) < 4.78 is 13.5. The molecule has 15 heavy (non-hydrogen) atoms. The van der Waals surface area contributed by atoms with Gasteiger partial charge in [0.25, 0.3) is 5.91 Å². The van der Waals surface area contributed by atoms with Crippen molar-refractivity contribution in [2.45, 2.75) is 6.92 Å². The number of hydrogen-bond donors (Lipinski definition) is 2. The Morgan fingerprint density at radius 2 is 2.20 bits per heavy atom. The first-order chi connectivity index (χ1) is 7.15. The summed E-state index contributed by atoms with van der Waals surface area (Å²) in [5, 5.41) is 3.00. The molecule has 3 nitrogen and oxygen atoms in total. The van der Waals surface area contributed by atoms with Crippen LogP contribution in [0.2, 0.25) is 0 Å². The molecule has 0 saturated carbocycles. The van der Waals surface area contributed by atoms with Gasteiger partial charge in [0.2, 0.25) is 0 Å². The molecule has 0 unspecified atom stereocenters. The van der Waals surface area contributed by atoms with Gasteiger partial charge < -0.3 is 10.3 Å². The van der Waals surface area contributed by atoms with Crippen molar-refractivity contribution in [1.29, 1.82) is 0 Å². The van der Waals surface area contributed by atoms with Gasteiger partial charge in [-0.25, -0.2) is 4.39 Å². The highest BCUT2D eigenvalue weighted by molar-refractivity contribution is 6.06. The summed E-state index contributed by atoms with van der Waals surface area (Å²) >= 11 is 0. The van der Waals surface area contributed by atoms with Crippen molar-refractivity contribution in [2.24, 2.45) is 0 Å². The fourth-order valence-corrected chi connectivity index (χ4v) is 1.69. The number of nitrogens with one attached hydrogen (secondary N) is 2. The monoisotopic (exact) mass is 206 g/mol. The van der Waals surface area contributed by atoms with E-state index in [0.29, 0.717) is 16.5 Å². The third-order valence-electron chi connectivity index (χ3n) is 2.45. The minimum Gasteiger partial charge on any atom is -0.360 e. The molecule has 1 heterocycles. The minimum atomic E-state index is -0.309. The lowest BCUT2D eigenvalue weighted by Crippen LogP contribution is -2.18. The van der Waals surface area contributed by atoms with E-state index in [1.165, 1.54) is 12.1 Å². The lowest BCUT2D eigenvalue weighted by Gasteiger charge is -2.02. The van der Waals surface area contributed by atoms with Gasteiger partial charge in [-0.1, -0.05) is 0 Å². The maximum absolute atomic E-state index is 13.5. The first-order valence-electron chi connectivity index (χ1n) is 4.63. The molecule has 0 saturated heterocycles. The first kappa shape index (κ1) is 9.71. The number of aryl methyl sites for hydroxylation is 1. The zero-order valence-electron chi connectivity index (χ0n) is 8.52.